The average Bonchev–Trinajstić information content (AvgIpc) is 3.62. The number of H-pyrrole nitrogens is 1. The molecule has 3 heterocycles. The van der Waals surface area contributed by atoms with Crippen LogP contribution in [0.25, 0.3) is 22.5 Å². The van der Waals surface area contributed by atoms with E-state index in [0.717, 1.165) is 72.0 Å². The number of rotatable bonds is 12. The van der Waals surface area contributed by atoms with Gasteiger partial charge in [0.15, 0.2) is 0 Å². The van der Waals surface area contributed by atoms with Crippen LogP contribution < -0.4 is 5.56 Å². The van der Waals surface area contributed by atoms with Crippen LogP contribution in [0.2, 0.25) is 0 Å². The van der Waals surface area contributed by atoms with Crippen molar-refractivity contribution < 1.29 is 9.90 Å². The molecule has 5 rings (SSSR count). The lowest BCUT2D eigenvalue weighted by atomic mass is 9.73. The lowest BCUT2D eigenvalue weighted by Crippen LogP contribution is -2.44. The SMILES string of the molecule is CCCCCc1c(Cc2ccc(-c3ccccc3-c3nn[nH]n3)cc2)c(=O)n2n1C(C(CC)(CC)C(=O)O)CCC2. The molecular weight excluding hydrogens is 516 g/mol. The molecule has 9 nitrogen and oxygen atoms in total. The molecule has 0 amide bonds. The van der Waals surface area contributed by atoms with E-state index >= 15 is 0 Å². The van der Waals surface area contributed by atoms with Crippen LogP contribution in [0.5, 0.6) is 0 Å². The number of tetrazole rings is 1. The summed E-state index contributed by atoms with van der Waals surface area (Å²) in [6.45, 7) is 6.74. The van der Waals surface area contributed by atoms with Crippen LogP contribution in [0, 0.1) is 5.41 Å². The minimum atomic E-state index is -0.891. The summed E-state index contributed by atoms with van der Waals surface area (Å²) in [4.78, 5) is 26.6. The zero-order chi connectivity index (χ0) is 29.0. The summed E-state index contributed by atoms with van der Waals surface area (Å²) in [5.74, 6) is -0.222. The van der Waals surface area contributed by atoms with Gasteiger partial charge in [-0.15, -0.1) is 10.2 Å². The molecule has 0 saturated heterocycles. The van der Waals surface area contributed by atoms with Gasteiger partial charge in [0.05, 0.1) is 11.5 Å². The maximum Gasteiger partial charge on any atom is 0.311 e. The number of nitrogens with zero attached hydrogens (tertiary/aromatic N) is 5. The van der Waals surface area contributed by atoms with Crippen LogP contribution in [0.1, 0.15) is 88.6 Å². The second kappa shape index (κ2) is 12.2. The van der Waals surface area contributed by atoms with E-state index in [0.29, 0.717) is 31.6 Å². The molecule has 1 atom stereocenters. The highest BCUT2D eigenvalue weighted by Crippen LogP contribution is 2.44. The van der Waals surface area contributed by atoms with Crippen LogP contribution in [0.15, 0.2) is 53.3 Å². The van der Waals surface area contributed by atoms with Gasteiger partial charge in [-0.05, 0) is 60.4 Å². The van der Waals surface area contributed by atoms with Crippen molar-refractivity contribution in [2.24, 2.45) is 5.41 Å². The van der Waals surface area contributed by atoms with Gasteiger partial charge in [0.2, 0.25) is 5.82 Å². The number of nitrogens with one attached hydrogen (secondary N) is 1. The first-order valence-electron chi connectivity index (χ1n) is 14.9. The molecule has 4 aromatic rings. The summed E-state index contributed by atoms with van der Waals surface area (Å²) in [6, 6.07) is 16.0. The van der Waals surface area contributed by atoms with Crippen LogP contribution in [0.3, 0.4) is 0 Å². The van der Waals surface area contributed by atoms with Crippen molar-refractivity contribution in [3.8, 4) is 22.5 Å². The Hall–Kier alpha value is -4.01. The molecule has 0 spiro atoms. The Morgan fingerprint density at radius 2 is 1.78 bits per heavy atom. The van der Waals surface area contributed by atoms with Gasteiger partial charge in [-0.25, -0.2) is 4.68 Å². The molecule has 2 aromatic heterocycles. The molecule has 216 valence electrons. The third-order valence-corrected chi connectivity index (χ3v) is 9.02. The number of hydrogen-bond donors (Lipinski definition) is 2. The fourth-order valence-electron chi connectivity index (χ4n) is 6.66. The van der Waals surface area contributed by atoms with E-state index in [-0.39, 0.29) is 11.6 Å². The highest BCUT2D eigenvalue weighted by molar-refractivity contribution is 5.80. The Morgan fingerprint density at radius 1 is 1.05 bits per heavy atom. The highest BCUT2D eigenvalue weighted by Gasteiger charge is 2.46. The summed E-state index contributed by atoms with van der Waals surface area (Å²) >= 11 is 0. The normalized spacial score (nSPS) is 15.1. The minimum Gasteiger partial charge on any atom is -0.481 e. The molecule has 9 heteroatoms. The van der Waals surface area contributed by atoms with Crippen LogP contribution in [0.4, 0.5) is 0 Å². The molecule has 0 radical (unpaired) electrons. The van der Waals surface area contributed by atoms with E-state index in [2.05, 4.69) is 56.5 Å². The number of carboxylic acids is 1. The largest absolute Gasteiger partial charge is 0.481 e. The number of carboxylic acid groups (broad SMARTS) is 1. The predicted molar refractivity (Wildman–Crippen MR) is 159 cm³/mol. The van der Waals surface area contributed by atoms with E-state index in [1.165, 1.54) is 0 Å². The molecule has 0 bridgehead atoms. The maximum absolute atomic E-state index is 13.9. The van der Waals surface area contributed by atoms with Crippen molar-refractivity contribution in [1.82, 2.24) is 30.0 Å². The number of benzene rings is 2. The fraction of sp³-hybridized carbons (Fsp3) is 0.469. The zero-order valence-corrected chi connectivity index (χ0v) is 24.3. The number of unbranched alkanes of at least 4 members (excludes halogenated alkanes) is 2. The first-order valence-corrected chi connectivity index (χ1v) is 14.9. The monoisotopic (exact) mass is 556 g/mol. The molecular formula is C32H40N6O3. The lowest BCUT2D eigenvalue weighted by Gasteiger charge is -2.41. The topological polar surface area (TPSA) is 119 Å². The predicted octanol–water partition coefficient (Wildman–Crippen LogP) is 6.05. The Kier molecular flexibility index (Phi) is 8.52. The van der Waals surface area contributed by atoms with Gasteiger partial charge in [0.1, 0.15) is 0 Å². The second-order valence-electron chi connectivity index (χ2n) is 11.1. The Labute approximate surface area is 240 Å². The molecule has 2 N–H and O–H groups in total. The van der Waals surface area contributed by atoms with E-state index in [1.807, 2.05) is 42.8 Å². The van der Waals surface area contributed by atoms with E-state index in [9.17, 15) is 14.7 Å². The van der Waals surface area contributed by atoms with Gasteiger partial charge < -0.3 is 5.11 Å². The van der Waals surface area contributed by atoms with Crippen molar-refractivity contribution in [2.45, 2.75) is 91.1 Å². The number of hydrogen-bond acceptors (Lipinski definition) is 5. The van der Waals surface area contributed by atoms with Crippen LogP contribution in [-0.2, 0) is 24.2 Å². The van der Waals surface area contributed by atoms with E-state index < -0.39 is 11.4 Å². The number of aromatic nitrogens is 6. The second-order valence-corrected chi connectivity index (χ2v) is 11.1. The summed E-state index contributed by atoms with van der Waals surface area (Å²) < 4.78 is 3.97. The smallest absolute Gasteiger partial charge is 0.311 e. The van der Waals surface area contributed by atoms with E-state index in [4.69, 9.17) is 0 Å². The fourth-order valence-corrected chi connectivity index (χ4v) is 6.66. The van der Waals surface area contributed by atoms with Crippen molar-refractivity contribution in [1.29, 1.82) is 0 Å². The molecule has 0 saturated carbocycles. The first kappa shape index (κ1) is 28.5. The van der Waals surface area contributed by atoms with Crippen molar-refractivity contribution in [2.75, 3.05) is 0 Å². The highest BCUT2D eigenvalue weighted by atomic mass is 16.4. The third kappa shape index (κ3) is 5.25. The molecule has 0 aliphatic carbocycles. The Balaban J connectivity index is 1.53. The molecule has 2 aromatic carbocycles. The number of aromatic amines is 1. The van der Waals surface area contributed by atoms with Gasteiger partial charge in [0, 0.05) is 29.8 Å². The quantitative estimate of drug-likeness (QED) is 0.205. The zero-order valence-electron chi connectivity index (χ0n) is 24.3. The molecule has 1 aliphatic rings. The summed E-state index contributed by atoms with van der Waals surface area (Å²) in [5.41, 5.74) is 4.94. The summed E-state index contributed by atoms with van der Waals surface area (Å²) in [5, 5.41) is 24.9. The van der Waals surface area contributed by atoms with Crippen molar-refractivity contribution in [3.05, 3.63) is 75.7 Å². The Morgan fingerprint density at radius 3 is 2.41 bits per heavy atom. The van der Waals surface area contributed by atoms with Gasteiger partial charge in [-0.2, -0.15) is 5.21 Å². The molecule has 1 unspecified atom stereocenters. The standard InChI is InChI=1S/C32H40N6O3/c1-4-7-8-14-27-26(30(39)37-20-11-15-28(38(27)37)32(5-2,6-3)31(40)41)21-22-16-18-23(19-17-22)24-12-9-10-13-25(24)29-33-35-36-34-29/h9-10,12-13,16-19,28H,4-8,11,14-15,20-21H2,1-3H3,(H,40,41)(H,33,34,35,36). The maximum atomic E-state index is 13.9. The molecule has 1 aliphatic heterocycles. The van der Waals surface area contributed by atoms with Gasteiger partial charge in [-0.3, -0.25) is 14.3 Å². The third-order valence-electron chi connectivity index (χ3n) is 9.02. The van der Waals surface area contributed by atoms with Crippen molar-refractivity contribution in [3.63, 3.8) is 0 Å². The van der Waals surface area contributed by atoms with Crippen LogP contribution in [-0.4, -0.2) is 41.1 Å². The molecule has 0 fully saturated rings. The summed E-state index contributed by atoms with van der Waals surface area (Å²) in [6.07, 6.45) is 7.08. The van der Waals surface area contributed by atoms with Crippen molar-refractivity contribution >= 4 is 5.97 Å². The van der Waals surface area contributed by atoms with Gasteiger partial charge in [-0.1, -0.05) is 82.1 Å². The number of aliphatic carboxylic acids is 1. The van der Waals surface area contributed by atoms with Gasteiger partial charge >= 0.3 is 5.97 Å². The van der Waals surface area contributed by atoms with Gasteiger partial charge in [0.25, 0.3) is 5.56 Å². The minimum absolute atomic E-state index is 0.0271. The lowest BCUT2D eigenvalue weighted by molar-refractivity contribution is -0.154. The molecule has 41 heavy (non-hydrogen) atoms. The summed E-state index contributed by atoms with van der Waals surface area (Å²) in [7, 11) is 0. The Bertz CT molecular complexity index is 1530. The average molecular weight is 557 g/mol. The number of carbonyl (C=O) groups is 1. The van der Waals surface area contributed by atoms with Crippen LogP contribution >= 0.6 is 0 Å². The first-order chi connectivity index (χ1) is 19.9. The van der Waals surface area contributed by atoms with E-state index in [1.54, 1.807) is 0 Å². The number of fused-ring (bicyclic) bond motifs is 1.